The van der Waals surface area contributed by atoms with Gasteiger partial charge in [0.2, 0.25) is 5.95 Å². The van der Waals surface area contributed by atoms with Gasteiger partial charge in [-0.05, 0) is 18.6 Å². The molecular formula is C13H17N3O2. The number of hydrogen-bond donors (Lipinski definition) is 2. The molecular weight excluding hydrogens is 230 g/mol. The first-order chi connectivity index (χ1) is 8.81. The van der Waals surface area contributed by atoms with Crippen molar-refractivity contribution in [1.29, 1.82) is 0 Å². The lowest BCUT2D eigenvalue weighted by atomic mass is 10.2. The Labute approximate surface area is 105 Å². The van der Waals surface area contributed by atoms with Crippen LogP contribution < -0.4 is 4.90 Å². The van der Waals surface area contributed by atoms with Crippen molar-refractivity contribution in [2.24, 2.45) is 0 Å². The maximum atomic E-state index is 9.45. The van der Waals surface area contributed by atoms with E-state index < -0.39 is 0 Å². The van der Waals surface area contributed by atoms with Gasteiger partial charge in [-0.1, -0.05) is 12.1 Å². The number of fused-ring (bicyclic) bond motifs is 1. The Balaban J connectivity index is 1.93. The number of anilines is 1. The minimum absolute atomic E-state index is 0.0792. The van der Waals surface area contributed by atoms with Crippen molar-refractivity contribution >= 4 is 17.0 Å². The summed E-state index contributed by atoms with van der Waals surface area (Å²) < 4.78 is 5.37. The van der Waals surface area contributed by atoms with Gasteiger partial charge < -0.3 is 19.7 Å². The monoisotopic (exact) mass is 247 g/mol. The van der Waals surface area contributed by atoms with Crippen molar-refractivity contribution in [1.82, 2.24) is 9.97 Å². The fourth-order valence-electron chi connectivity index (χ4n) is 2.55. The van der Waals surface area contributed by atoms with E-state index in [2.05, 4.69) is 14.9 Å². The molecule has 2 atom stereocenters. The van der Waals surface area contributed by atoms with Crippen LogP contribution in [0.25, 0.3) is 11.0 Å². The van der Waals surface area contributed by atoms with Crippen LogP contribution in [0.5, 0.6) is 0 Å². The molecule has 3 rings (SSSR count). The fraction of sp³-hybridized carbons (Fsp3) is 0.462. The summed E-state index contributed by atoms with van der Waals surface area (Å²) in [6.07, 6.45) is 1.000. The van der Waals surface area contributed by atoms with E-state index in [1.54, 1.807) is 7.11 Å². The molecule has 1 fully saturated rings. The predicted molar refractivity (Wildman–Crippen MR) is 69.7 cm³/mol. The van der Waals surface area contributed by atoms with Crippen molar-refractivity contribution in [3.8, 4) is 0 Å². The van der Waals surface area contributed by atoms with E-state index in [4.69, 9.17) is 4.74 Å². The third-order valence-corrected chi connectivity index (χ3v) is 3.57. The van der Waals surface area contributed by atoms with E-state index in [0.29, 0.717) is 0 Å². The first kappa shape index (κ1) is 11.5. The van der Waals surface area contributed by atoms with Crippen LogP contribution in [0.3, 0.4) is 0 Å². The molecule has 1 aliphatic heterocycles. The van der Waals surface area contributed by atoms with E-state index in [9.17, 15) is 5.11 Å². The molecule has 2 aromatic rings. The van der Waals surface area contributed by atoms with Gasteiger partial charge in [0, 0.05) is 13.7 Å². The summed E-state index contributed by atoms with van der Waals surface area (Å²) in [6, 6.07) is 8.01. The SMILES string of the molecule is CO[C@H]1C[C@@H](CO)N(c2nc3ccccc3[nH]2)C1. The van der Waals surface area contributed by atoms with Crippen LogP contribution in [-0.2, 0) is 4.74 Å². The number of rotatable bonds is 3. The third kappa shape index (κ3) is 1.85. The normalized spacial score (nSPS) is 24.0. The number of benzene rings is 1. The third-order valence-electron chi connectivity index (χ3n) is 3.57. The van der Waals surface area contributed by atoms with Gasteiger partial charge in [-0.3, -0.25) is 0 Å². The molecule has 1 saturated heterocycles. The largest absolute Gasteiger partial charge is 0.394 e. The van der Waals surface area contributed by atoms with Crippen molar-refractivity contribution in [3.05, 3.63) is 24.3 Å². The van der Waals surface area contributed by atoms with Crippen LogP contribution in [0, 0.1) is 0 Å². The van der Waals surface area contributed by atoms with Crippen molar-refractivity contribution in [2.75, 3.05) is 25.2 Å². The molecule has 1 aromatic carbocycles. The highest BCUT2D eigenvalue weighted by Crippen LogP contribution is 2.26. The molecule has 0 radical (unpaired) electrons. The zero-order valence-electron chi connectivity index (χ0n) is 10.3. The Morgan fingerprint density at radius 3 is 3.06 bits per heavy atom. The van der Waals surface area contributed by atoms with E-state index in [0.717, 1.165) is 29.9 Å². The molecule has 0 bridgehead atoms. The quantitative estimate of drug-likeness (QED) is 0.854. The molecule has 0 saturated carbocycles. The lowest BCUT2D eigenvalue weighted by Gasteiger charge is -2.21. The van der Waals surface area contributed by atoms with Gasteiger partial charge in [-0.2, -0.15) is 0 Å². The maximum absolute atomic E-state index is 9.45. The minimum Gasteiger partial charge on any atom is -0.394 e. The Morgan fingerprint density at radius 1 is 1.50 bits per heavy atom. The number of imidazole rings is 1. The van der Waals surface area contributed by atoms with Crippen LogP contribution in [-0.4, -0.2) is 47.5 Å². The average molecular weight is 247 g/mol. The number of ether oxygens (including phenoxy) is 1. The fourth-order valence-corrected chi connectivity index (χ4v) is 2.55. The topological polar surface area (TPSA) is 61.4 Å². The molecule has 18 heavy (non-hydrogen) atoms. The zero-order chi connectivity index (χ0) is 12.5. The van der Waals surface area contributed by atoms with E-state index in [-0.39, 0.29) is 18.8 Å². The average Bonchev–Trinajstić information content (AvgIpc) is 3.01. The van der Waals surface area contributed by atoms with Gasteiger partial charge >= 0.3 is 0 Å². The molecule has 0 unspecified atom stereocenters. The van der Waals surface area contributed by atoms with Crippen LogP contribution in [0.1, 0.15) is 6.42 Å². The second kappa shape index (κ2) is 4.59. The second-order valence-electron chi connectivity index (χ2n) is 4.66. The number of aliphatic hydroxyl groups excluding tert-OH is 1. The van der Waals surface area contributed by atoms with Crippen molar-refractivity contribution in [3.63, 3.8) is 0 Å². The maximum Gasteiger partial charge on any atom is 0.204 e. The smallest absolute Gasteiger partial charge is 0.204 e. The van der Waals surface area contributed by atoms with Gasteiger partial charge in [0.25, 0.3) is 0 Å². The van der Waals surface area contributed by atoms with Crippen LogP contribution in [0.2, 0.25) is 0 Å². The number of aliphatic hydroxyl groups is 1. The number of nitrogens with zero attached hydrogens (tertiary/aromatic N) is 2. The first-order valence-corrected chi connectivity index (χ1v) is 6.17. The molecule has 0 aliphatic carbocycles. The van der Waals surface area contributed by atoms with Gasteiger partial charge in [-0.25, -0.2) is 4.98 Å². The minimum atomic E-state index is 0.0792. The number of aromatic amines is 1. The Kier molecular flexibility index (Phi) is 2.93. The summed E-state index contributed by atoms with van der Waals surface area (Å²) in [5, 5.41) is 9.45. The summed E-state index contributed by atoms with van der Waals surface area (Å²) in [7, 11) is 1.71. The molecule has 5 heteroatoms. The molecule has 1 aliphatic rings. The number of para-hydroxylation sites is 2. The second-order valence-corrected chi connectivity index (χ2v) is 4.66. The molecule has 1 aromatic heterocycles. The first-order valence-electron chi connectivity index (χ1n) is 6.17. The Hall–Kier alpha value is -1.59. The number of methoxy groups -OCH3 is 1. The van der Waals surface area contributed by atoms with Gasteiger partial charge in [0.15, 0.2) is 0 Å². The highest BCUT2D eigenvalue weighted by Gasteiger charge is 2.33. The van der Waals surface area contributed by atoms with Gasteiger partial charge in [0.1, 0.15) is 0 Å². The van der Waals surface area contributed by atoms with Crippen molar-refractivity contribution < 1.29 is 9.84 Å². The van der Waals surface area contributed by atoms with Gasteiger partial charge in [-0.15, -0.1) is 0 Å². The summed E-state index contributed by atoms with van der Waals surface area (Å²) in [5.74, 6) is 0.815. The van der Waals surface area contributed by atoms with Crippen LogP contribution in [0.15, 0.2) is 24.3 Å². The molecule has 2 N–H and O–H groups in total. The van der Waals surface area contributed by atoms with Gasteiger partial charge in [0.05, 0.1) is 29.8 Å². The van der Waals surface area contributed by atoms with Crippen LogP contribution in [0.4, 0.5) is 5.95 Å². The summed E-state index contributed by atoms with van der Waals surface area (Å²) in [5.41, 5.74) is 1.97. The highest BCUT2D eigenvalue weighted by molar-refractivity contribution is 5.77. The van der Waals surface area contributed by atoms with Crippen molar-refractivity contribution in [2.45, 2.75) is 18.6 Å². The molecule has 2 heterocycles. The zero-order valence-corrected chi connectivity index (χ0v) is 10.3. The summed E-state index contributed by atoms with van der Waals surface area (Å²) in [6.45, 7) is 0.887. The van der Waals surface area contributed by atoms with E-state index >= 15 is 0 Å². The molecule has 0 spiro atoms. The highest BCUT2D eigenvalue weighted by atomic mass is 16.5. The Bertz CT molecular complexity index is 507. The molecule has 96 valence electrons. The molecule has 5 nitrogen and oxygen atoms in total. The number of aromatic nitrogens is 2. The summed E-state index contributed by atoms with van der Waals surface area (Å²) in [4.78, 5) is 9.95. The Morgan fingerprint density at radius 2 is 2.33 bits per heavy atom. The summed E-state index contributed by atoms with van der Waals surface area (Å²) >= 11 is 0. The number of hydrogen-bond acceptors (Lipinski definition) is 4. The standard InChI is InChI=1S/C13H17N3O2/c1-18-10-6-9(8-17)16(7-10)13-14-11-4-2-3-5-12(11)15-13/h2-5,9-10,17H,6-8H2,1H3,(H,14,15)/t9-,10-/m0/s1. The van der Waals surface area contributed by atoms with Crippen LogP contribution >= 0.6 is 0 Å². The lowest BCUT2D eigenvalue weighted by molar-refractivity contribution is 0.115. The number of H-pyrrole nitrogens is 1. The lowest BCUT2D eigenvalue weighted by Crippen LogP contribution is -2.33. The van der Waals surface area contributed by atoms with E-state index in [1.807, 2.05) is 24.3 Å². The molecule has 0 amide bonds. The van der Waals surface area contributed by atoms with E-state index in [1.165, 1.54) is 0 Å². The predicted octanol–water partition coefficient (Wildman–Crippen LogP) is 1.15. The number of nitrogens with one attached hydrogen (secondary N) is 1.